The molecule has 0 aliphatic carbocycles. The van der Waals surface area contributed by atoms with Crippen molar-refractivity contribution in [3.63, 3.8) is 0 Å². The fraction of sp³-hybridized carbons (Fsp3) is 0.333. The van der Waals surface area contributed by atoms with Gasteiger partial charge in [-0.2, -0.15) is 0 Å². The maximum Gasteiger partial charge on any atom is 0.328 e. The molecule has 2 aliphatic rings. The third kappa shape index (κ3) is 6.85. The molecule has 0 radical (unpaired) electrons. The van der Waals surface area contributed by atoms with Crippen molar-refractivity contribution in [2.75, 3.05) is 51.2 Å². The van der Waals surface area contributed by atoms with Gasteiger partial charge in [0.15, 0.2) is 0 Å². The molecule has 0 unspecified atom stereocenters. The van der Waals surface area contributed by atoms with Crippen LogP contribution in [-0.2, 0) is 9.59 Å². The Hall–Kier alpha value is -2.81. The fourth-order valence-corrected chi connectivity index (χ4v) is 4.78. The number of aliphatic carboxylic acids is 2. The first kappa shape index (κ1) is 23.8. The number of nitrogens with zero attached hydrogens (tertiary/aromatic N) is 3. The van der Waals surface area contributed by atoms with Crippen molar-refractivity contribution in [1.29, 1.82) is 0 Å². The Morgan fingerprint density at radius 3 is 1.84 bits per heavy atom. The van der Waals surface area contributed by atoms with Crippen LogP contribution in [0.15, 0.2) is 70.5 Å². The van der Waals surface area contributed by atoms with Crippen LogP contribution in [0.4, 0.5) is 11.4 Å². The summed E-state index contributed by atoms with van der Waals surface area (Å²) in [6.07, 6.45) is 2.32. The molecule has 2 aromatic rings. The van der Waals surface area contributed by atoms with Crippen molar-refractivity contribution >= 4 is 35.1 Å². The molecule has 1 fully saturated rings. The van der Waals surface area contributed by atoms with Crippen LogP contribution in [-0.4, -0.2) is 78.3 Å². The van der Waals surface area contributed by atoms with E-state index in [4.69, 9.17) is 10.2 Å². The first-order valence-corrected chi connectivity index (χ1v) is 11.4. The summed E-state index contributed by atoms with van der Waals surface area (Å²) in [5.41, 5.74) is 2.72. The van der Waals surface area contributed by atoms with Gasteiger partial charge in [-0.3, -0.25) is 0 Å². The van der Waals surface area contributed by atoms with Crippen LogP contribution >= 0.6 is 11.8 Å². The van der Waals surface area contributed by atoms with Crippen molar-refractivity contribution in [2.45, 2.75) is 16.2 Å². The number of carboxylic acids is 2. The van der Waals surface area contributed by atoms with E-state index in [1.54, 1.807) is 0 Å². The summed E-state index contributed by atoms with van der Waals surface area (Å²) in [6, 6.07) is 17.6. The first-order chi connectivity index (χ1) is 15.4. The standard InChI is InChI=1S/C20H25N3S.C4H4O4/c1-21-13-15-22(16-14-21)11-6-12-23-17-7-2-4-9-19(17)24-20-10-5-3-8-18(20)23;5-3(6)1-2-4(7)8/h2-5,7-10H,6,11-16H2,1H3;1-2H,(H,5,6)(H,7,8). The van der Waals surface area contributed by atoms with Gasteiger partial charge in [0.1, 0.15) is 0 Å². The molecule has 2 aromatic carbocycles. The molecule has 0 aromatic heterocycles. The number of benzene rings is 2. The summed E-state index contributed by atoms with van der Waals surface area (Å²) < 4.78 is 0. The molecule has 32 heavy (non-hydrogen) atoms. The molecule has 2 N–H and O–H groups in total. The third-order valence-corrected chi connectivity index (χ3v) is 6.48. The van der Waals surface area contributed by atoms with Gasteiger partial charge in [0.2, 0.25) is 0 Å². The highest BCUT2D eigenvalue weighted by Gasteiger charge is 2.22. The van der Waals surface area contributed by atoms with Gasteiger partial charge in [0, 0.05) is 54.7 Å². The highest BCUT2D eigenvalue weighted by Crippen LogP contribution is 2.47. The van der Waals surface area contributed by atoms with E-state index in [1.807, 2.05) is 11.8 Å². The van der Waals surface area contributed by atoms with E-state index in [2.05, 4.69) is 70.3 Å². The van der Waals surface area contributed by atoms with E-state index >= 15 is 0 Å². The predicted octanol–water partition coefficient (Wildman–Crippen LogP) is 3.64. The van der Waals surface area contributed by atoms with Crippen molar-refractivity contribution < 1.29 is 19.8 Å². The maximum atomic E-state index is 9.55. The Bertz CT molecular complexity index is 896. The number of fused-ring (bicyclic) bond motifs is 2. The molecule has 0 spiro atoms. The molecule has 7 nitrogen and oxygen atoms in total. The van der Waals surface area contributed by atoms with Crippen LogP contribution in [0.5, 0.6) is 0 Å². The smallest absolute Gasteiger partial charge is 0.328 e. The SMILES string of the molecule is CN1CCN(CCCN2c3ccccc3Sc3ccccc32)CC1.O=C(O)C=CC(=O)O. The van der Waals surface area contributed by atoms with Gasteiger partial charge >= 0.3 is 11.9 Å². The minimum Gasteiger partial charge on any atom is -0.478 e. The first-order valence-electron chi connectivity index (χ1n) is 10.6. The Kier molecular flexibility index (Phi) is 8.72. The van der Waals surface area contributed by atoms with Gasteiger partial charge in [-0.25, -0.2) is 9.59 Å². The average molecular weight is 456 g/mol. The molecular weight excluding hydrogens is 426 g/mol. The molecule has 0 amide bonds. The van der Waals surface area contributed by atoms with Crippen LogP contribution in [0.1, 0.15) is 6.42 Å². The number of hydrogen-bond acceptors (Lipinski definition) is 6. The molecular formula is C24H29N3O4S. The number of hydrogen-bond donors (Lipinski definition) is 2. The van der Waals surface area contributed by atoms with Gasteiger partial charge in [-0.1, -0.05) is 36.0 Å². The minimum absolute atomic E-state index is 0.558. The average Bonchev–Trinajstić information content (AvgIpc) is 2.79. The summed E-state index contributed by atoms with van der Waals surface area (Å²) >= 11 is 1.89. The second kappa shape index (κ2) is 11.7. The highest BCUT2D eigenvalue weighted by molar-refractivity contribution is 7.99. The highest BCUT2D eigenvalue weighted by atomic mass is 32.2. The maximum absolute atomic E-state index is 9.55. The Morgan fingerprint density at radius 2 is 1.34 bits per heavy atom. The van der Waals surface area contributed by atoms with E-state index in [-0.39, 0.29) is 0 Å². The molecule has 2 heterocycles. The quantitative estimate of drug-likeness (QED) is 0.639. The molecule has 1 saturated heterocycles. The molecule has 0 saturated carbocycles. The molecule has 4 rings (SSSR count). The lowest BCUT2D eigenvalue weighted by atomic mass is 10.2. The number of rotatable bonds is 6. The second-order valence-electron chi connectivity index (χ2n) is 7.70. The van der Waals surface area contributed by atoms with Crippen LogP contribution < -0.4 is 4.90 Å². The van der Waals surface area contributed by atoms with E-state index in [0.717, 1.165) is 6.54 Å². The normalized spacial score (nSPS) is 16.1. The van der Waals surface area contributed by atoms with E-state index in [1.165, 1.54) is 60.3 Å². The number of para-hydroxylation sites is 2. The Balaban J connectivity index is 0.000000312. The lowest BCUT2D eigenvalue weighted by Crippen LogP contribution is -2.45. The summed E-state index contributed by atoms with van der Waals surface area (Å²) in [6.45, 7) is 7.10. The number of carbonyl (C=O) groups is 2. The van der Waals surface area contributed by atoms with Gasteiger partial charge < -0.3 is 24.9 Å². The van der Waals surface area contributed by atoms with Crippen molar-refractivity contribution in [1.82, 2.24) is 9.80 Å². The fourth-order valence-electron chi connectivity index (χ4n) is 3.69. The summed E-state index contributed by atoms with van der Waals surface area (Å²) in [7, 11) is 2.22. The van der Waals surface area contributed by atoms with E-state index < -0.39 is 11.9 Å². The molecule has 0 atom stereocenters. The Morgan fingerprint density at radius 1 is 0.844 bits per heavy atom. The van der Waals surface area contributed by atoms with Crippen molar-refractivity contribution in [2.24, 2.45) is 0 Å². The van der Waals surface area contributed by atoms with Gasteiger partial charge in [-0.15, -0.1) is 0 Å². The zero-order chi connectivity index (χ0) is 22.9. The third-order valence-electron chi connectivity index (χ3n) is 5.35. The lowest BCUT2D eigenvalue weighted by molar-refractivity contribution is -0.134. The Labute approximate surface area is 192 Å². The topological polar surface area (TPSA) is 84.3 Å². The number of anilines is 2. The van der Waals surface area contributed by atoms with E-state index in [9.17, 15) is 9.59 Å². The molecule has 170 valence electrons. The molecule has 2 aliphatic heterocycles. The molecule has 8 heteroatoms. The number of likely N-dealkylation sites (N-methyl/N-ethyl adjacent to an activating group) is 1. The monoisotopic (exact) mass is 455 g/mol. The predicted molar refractivity (Wildman–Crippen MR) is 127 cm³/mol. The van der Waals surface area contributed by atoms with Gasteiger partial charge in [0.05, 0.1) is 11.4 Å². The lowest BCUT2D eigenvalue weighted by Gasteiger charge is -2.35. The van der Waals surface area contributed by atoms with Crippen LogP contribution in [0.25, 0.3) is 0 Å². The van der Waals surface area contributed by atoms with Crippen molar-refractivity contribution in [3.05, 3.63) is 60.7 Å². The number of carboxylic acid groups (broad SMARTS) is 2. The van der Waals surface area contributed by atoms with Gasteiger partial charge in [0.25, 0.3) is 0 Å². The largest absolute Gasteiger partial charge is 0.478 e. The minimum atomic E-state index is -1.26. The van der Waals surface area contributed by atoms with Gasteiger partial charge in [-0.05, 0) is 44.3 Å². The van der Waals surface area contributed by atoms with Crippen LogP contribution in [0.2, 0.25) is 0 Å². The summed E-state index contributed by atoms with van der Waals surface area (Å²) in [4.78, 5) is 29.4. The van der Waals surface area contributed by atoms with Crippen LogP contribution in [0, 0.1) is 0 Å². The van der Waals surface area contributed by atoms with Crippen molar-refractivity contribution in [3.8, 4) is 0 Å². The molecule has 0 bridgehead atoms. The zero-order valence-corrected chi connectivity index (χ0v) is 19.0. The zero-order valence-electron chi connectivity index (χ0n) is 18.2. The summed E-state index contributed by atoms with van der Waals surface area (Å²) in [5.74, 6) is -2.51. The second-order valence-corrected chi connectivity index (χ2v) is 8.78. The van der Waals surface area contributed by atoms with E-state index in [0.29, 0.717) is 12.2 Å². The van der Waals surface area contributed by atoms with Crippen LogP contribution in [0.3, 0.4) is 0 Å². The number of piperazine rings is 1. The summed E-state index contributed by atoms with van der Waals surface area (Å²) in [5, 5.41) is 15.6.